The quantitative estimate of drug-likeness (QED) is 0.807. The maximum atomic E-state index is 12.3. The molecular weight excluding hydrogens is 284 g/mol. The minimum atomic E-state index is -0.505. The largest absolute Gasteiger partial charge is 0.352 e. The number of nitrogens with one attached hydrogen (secondary N) is 2. The summed E-state index contributed by atoms with van der Waals surface area (Å²) in [5.41, 5.74) is 1.05. The van der Waals surface area contributed by atoms with Crippen molar-refractivity contribution in [2.75, 3.05) is 6.26 Å². The second kappa shape index (κ2) is 7.50. The third-order valence-electron chi connectivity index (χ3n) is 3.56. The number of benzene rings is 1. The van der Waals surface area contributed by atoms with Gasteiger partial charge in [0.15, 0.2) is 0 Å². The van der Waals surface area contributed by atoms with Crippen LogP contribution in [-0.4, -0.2) is 35.4 Å². The van der Waals surface area contributed by atoms with Gasteiger partial charge in [-0.05, 0) is 31.6 Å². The molecule has 0 unspecified atom stereocenters. The summed E-state index contributed by atoms with van der Waals surface area (Å²) in [6.07, 6.45) is 4.49. The fourth-order valence-electron chi connectivity index (χ4n) is 1.98. The number of hydrogen-bond acceptors (Lipinski definition) is 3. The lowest BCUT2D eigenvalue weighted by molar-refractivity contribution is -0.128. The van der Waals surface area contributed by atoms with Gasteiger partial charge in [0.2, 0.25) is 11.8 Å². The first-order valence-electron chi connectivity index (χ1n) is 7.27. The molecule has 4 nitrogen and oxygen atoms in total. The Hall–Kier alpha value is -1.49. The Balaban J connectivity index is 2.01. The lowest BCUT2D eigenvalue weighted by atomic mass is 10.0. The standard InChI is InChI=1S/C16H22N2O2S/c1-11(21-2)15(19)18-14(16(20)17-13-8-9-13)10-12-6-4-3-5-7-12/h3-7,11,13-14H,8-10H2,1-2H3,(H,17,20)(H,18,19)/t11-,14-/m0/s1. The van der Waals surface area contributed by atoms with Gasteiger partial charge >= 0.3 is 0 Å². The normalized spacial score (nSPS) is 16.9. The summed E-state index contributed by atoms with van der Waals surface area (Å²) < 4.78 is 0. The van der Waals surface area contributed by atoms with Crippen molar-refractivity contribution in [1.29, 1.82) is 0 Å². The lowest BCUT2D eigenvalue weighted by Gasteiger charge is -2.20. The van der Waals surface area contributed by atoms with E-state index in [2.05, 4.69) is 10.6 Å². The molecule has 2 rings (SSSR count). The first-order chi connectivity index (χ1) is 10.1. The molecule has 1 aliphatic carbocycles. The van der Waals surface area contributed by atoms with Gasteiger partial charge in [0.25, 0.3) is 0 Å². The summed E-state index contributed by atoms with van der Waals surface area (Å²) in [5.74, 6) is -0.169. The summed E-state index contributed by atoms with van der Waals surface area (Å²) in [7, 11) is 0. The second-order valence-corrected chi connectivity index (χ2v) is 6.59. The van der Waals surface area contributed by atoms with Gasteiger partial charge in [-0.1, -0.05) is 30.3 Å². The fraction of sp³-hybridized carbons (Fsp3) is 0.500. The average molecular weight is 306 g/mol. The molecule has 1 aromatic rings. The topological polar surface area (TPSA) is 58.2 Å². The Labute approximate surface area is 130 Å². The molecule has 1 aromatic carbocycles. The van der Waals surface area contributed by atoms with Crippen LogP contribution < -0.4 is 10.6 Å². The highest BCUT2D eigenvalue weighted by molar-refractivity contribution is 7.99. The highest BCUT2D eigenvalue weighted by Crippen LogP contribution is 2.19. The van der Waals surface area contributed by atoms with E-state index in [0.29, 0.717) is 12.5 Å². The number of rotatable bonds is 7. The lowest BCUT2D eigenvalue weighted by Crippen LogP contribution is -2.50. The molecule has 5 heteroatoms. The van der Waals surface area contributed by atoms with Crippen molar-refractivity contribution in [1.82, 2.24) is 10.6 Å². The van der Waals surface area contributed by atoms with Crippen LogP contribution in [0.4, 0.5) is 0 Å². The minimum absolute atomic E-state index is 0.0805. The molecule has 1 fully saturated rings. The molecule has 0 aliphatic heterocycles. The van der Waals surface area contributed by atoms with E-state index in [4.69, 9.17) is 0 Å². The summed E-state index contributed by atoms with van der Waals surface area (Å²) in [5, 5.41) is 5.70. The molecule has 0 saturated heterocycles. The molecule has 0 spiro atoms. The Kier molecular flexibility index (Phi) is 5.67. The molecule has 0 heterocycles. The summed E-state index contributed by atoms with van der Waals surface area (Å²) in [4.78, 5) is 24.4. The maximum absolute atomic E-state index is 12.3. The van der Waals surface area contributed by atoms with Crippen LogP contribution >= 0.6 is 11.8 Å². The van der Waals surface area contributed by atoms with Crippen LogP contribution in [0.25, 0.3) is 0 Å². The maximum Gasteiger partial charge on any atom is 0.243 e. The Morgan fingerprint density at radius 3 is 2.48 bits per heavy atom. The van der Waals surface area contributed by atoms with Gasteiger partial charge in [0.05, 0.1) is 5.25 Å². The van der Waals surface area contributed by atoms with Gasteiger partial charge in [-0.25, -0.2) is 0 Å². The van der Waals surface area contributed by atoms with Gasteiger partial charge < -0.3 is 10.6 Å². The van der Waals surface area contributed by atoms with Gasteiger partial charge in [-0.3, -0.25) is 9.59 Å². The molecule has 1 saturated carbocycles. The molecular formula is C16H22N2O2S. The second-order valence-electron chi connectivity index (χ2n) is 5.41. The molecule has 0 radical (unpaired) electrons. The van der Waals surface area contributed by atoms with Crippen molar-refractivity contribution in [3.8, 4) is 0 Å². The van der Waals surface area contributed by atoms with Gasteiger partial charge in [0.1, 0.15) is 6.04 Å². The van der Waals surface area contributed by atoms with E-state index in [0.717, 1.165) is 18.4 Å². The molecule has 114 valence electrons. The van der Waals surface area contributed by atoms with Crippen molar-refractivity contribution in [2.45, 2.75) is 43.5 Å². The van der Waals surface area contributed by atoms with Crippen molar-refractivity contribution in [2.24, 2.45) is 0 Å². The molecule has 21 heavy (non-hydrogen) atoms. The van der Waals surface area contributed by atoms with Crippen LogP contribution in [0.2, 0.25) is 0 Å². The van der Waals surface area contributed by atoms with Crippen molar-refractivity contribution in [3.05, 3.63) is 35.9 Å². The zero-order valence-corrected chi connectivity index (χ0v) is 13.3. The number of thioether (sulfide) groups is 1. The zero-order valence-electron chi connectivity index (χ0n) is 12.5. The van der Waals surface area contributed by atoms with Crippen molar-refractivity contribution >= 4 is 23.6 Å². The average Bonchev–Trinajstić information content (AvgIpc) is 3.30. The zero-order chi connectivity index (χ0) is 15.2. The first-order valence-corrected chi connectivity index (χ1v) is 8.56. The molecule has 2 atom stereocenters. The number of hydrogen-bond donors (Lipinski definition) is 2. The summed E-state index contributed by atoms with van der Waals surface area (Å²) >= 11 is 1.48. The van der Waals surface area contributed by atoms with E-state index in [1.807, 2.05) is 43.5 Å². The molecule has 0 bridgehead atoms. The van der Waals surface area contributed by atoms with E-state index < -0.39 is 6.04 Å². The third kappa shape index (κ3) is 5.08. The number of carbonyl (C=O) groups excluding carboxylic acids is 2. The number of carbonyl (C=O) groups is 2. The Morgan fingerprint density at radius 1 is 1.24 bits per heavy atom. The highest BCUT2D eigenvalue weighted by atomic mass is 32.2. The van der Waals surface area contributed by atoms with Crippen LogP contribution in [0.1, 0.15) is 25.3 Å². The fourth-order valence-corrected chi connectivity index (χ4v) is 2.27. The summed E-state index contributed by atoms with van der Waals surface area (Å²) in [6, 6.07) is 9.57. The Morgan fingerprint density at radius 2 is 1.90 bits per heavy atom. The van der Waals surface area contributed by atoms with Gasteiger partial charge in [-0.15, -0.1) is 0 Å². The third-order valence-corrected chi connectivity index (χ3v) is 4.48. The van der Waals surface area contributed by atoms with Crippen LogP contribution in [0.5, 0.6) is 0 Å². The SMILES string of the molecule is CS[C@@H](C)C(=O)N[C@@H](Cc1ccccc1)C(=O)NC1CC1. The minimum Gasteiger partial charge on any atom is -0.352 e. The van der Waals surface area contributed by atoms with Crippen LogP contribution in [0, 0.1) is 0 Å². The molecule has 2 amide bonds. The van der Waals surface area contributed by atoms with Crippen molar-refractivity contribution < 1.29 is 9.59 Å². The van der Waals surface area contributed by atoms with E-state index >= 15 is 0 Å². The van der Waals surface area contributed by atoms with Crippen molar-refractivity contribution in [3.63, 3.8) is 0 Å². The van der Waals surface area contributed by atoms with E-state index in [-0.39, 0.29) is 17.1 Å². The summed E-state index contributed by atoms with van der Waals surface area (Å²) in [6.45, 7) is 1.85. The first kappa shape index (κ1) is 15.9. The van der Waals surface area contributed by atoms with Gasteiger partial charge in [-0.2, -0.15) is 11.8 Å². The predicted octanol–water partition coefficient (Wildman–Crippen LogP) is 1.74. The molecule has 1 aliphatic rings. The Bertz CT molecular complexity index is 488. The molecule has 2 N–H and O–H groups in total. The molecule has 0 aromatic heterocycles. The monoisotopic (exact) mass is 306 g/mol. The van der Waals surface area contributed by atoms with Crippen LogP contribution in [0.15, 0.2) is 30.3 Å². The number of amides is 2. The smallest absolute Gasteiger partial charge is 0.243 e. The highest BCUT2D eigenvalue weighted by Gasteiger charge is 2.29. The van der Waals surface area contributed by atoms with Crippen LogP contribution in [-0.2, 0) is 16.0 Å². The predicted molar refractivity (Wildman–Crippen MR) is 86.2 cm³/mol. The van der Waals surface area contributed by atoms with E-state index in [1.165, 1.54) is 11.8 Å². The van der Waals surface area contributed by atoms with E-state index in [9.17, 15) is 9.59 Å². The van der Waals surface area contributed by atoms with E-state index in [1.54, 1.807) is 0 Å². The van der Waals surface area contributed by atoms with Crippen LogP contribution in [0.3, 0.4) is 0 Å². The van der Waals surface area contributed by atoms with Gasteiger partial charge in [0, 0.05) is 12.5 Å².